The van der Waals surface area contributed by atoms with Gasteiger partial charge in [0.1, 0.15) is 18.1 Å². The summed E-state index contributed by atoms with van der Waals surface area (Å²) in [5, 5.41) is 25.2. The predicted octanol–water partition coefficient (Wildman–Crippen LogP) is -3.01. The van der Waals surface area contributed by atoms with Gasteiger partial charge in [0.15, 0.2) is 0 Å². The lowest BCUT2D eigenvalue weighted by Gasteiger charge is -2.25. The zero-order chi connectivity index (χ0) is 25.7. The number of unbranched alkanes of at least 4 members (excludes halogenated alkanes) is 1. The lowest BCUT2D eigenvalue weighted by Crippen LogP contribution is -2.58. The summed E-state index contributed by atoms with van der Waals surface area (Å²) >= 11 is 0. The van der Waals surface area contributed by atoms with E-state index in [1.807, 2.05) is 0 Å². The second kappa shape index (κ2) is 14.7. The minimum Gasteiger partial charge on any atom is -0.481 e. The van der Waals surface area contributed by atoms with E-state index in [4.69, 9.17) is 22.3 Å². The van der Waals surface area contributed by atoms with Crippen molar-refractivity contribution in [3.8, 4) is 0 Å². The van der Waals surface area contributed by atoms with Crippen LogP contribution in [0.2, 0.25) is 0 Å². The first-order chi connectivity index (χ1) is 15.3. The van der Waals surface area contributed by atoms with Crippen LogP contribution in [-0.4, -0.2) is 76.5 Å². The Morgan fingerprint density at radius 2 is 1.36 bits per heavy atom. The maximum atomic E-state index is 12.8. The quantitative estimate of drug-likeness (QED) is 0.105. The van der Waals surface area contributed by atoms with Crippen LogP contribution in [-0.2, 0) is 28.8 Å². The first-order valence-corrected chi connectivity index (χ1v) is 10.4. The van der Waals surface area contributed by atoms with Crippen molar-refractivity contribution in [2.24, 2.45) is 23.1 Å². The second-order valence-electron chi connectivity index (χ2n) is 7.85. The number of rotatable bonds is 16. The van der Waals surface area contributed by atoms with Crippen molar-refractivity contribution in [3.05, 3.63) is 0 Å². The van der Waals surface area contributed by atoms with Crippen molar-refractivity contribution in [1.82, 2.24) is 16.0 Å². The average molecular weight is 475 g/mol. The maximum Gasteiger partial charge on any atom is 0.326 e. The zero-order valence-corrected chi connectivity index (χ0v) is 18.7. The number of carboxylic acids is 2. The van der Waals surface area contributed by atoms with Crippen molar-refractivity contribution < 1.29 is 39.0 Å². The van der Waals surface area contributed by atoms with Crippen LogP contribution in [0.1, 0.15) is 46.0 Å². The molecule has 0 aliphatic carbocycles. The Labute approximate surface area is 191 Å². The normalized spacial score (nSPS) is 14.5. The molecule has 0 bridgehead atoms. The molecule has 33 heavy (non-hydrogen) atoms. The molecule has 0 radical (unpaired) electrons. The van der Waals surface area contributed by atoms with Crippen LogP contribution in [0.5, 0.6) is 0 Å². The van der Waals surface area contributed by atoms with E-state index < -0.39 is 78.5 Å². The molecule has 11 N–H and O–H groups in total. The number of amides is 4. The third-order valence-corrected chi connectivity index (χ3v) is 4.58. The average Bonchev–Trinajstić information content (AvgIpc) is 2.68. The zero-order valence-electron chi connectivity index (χ0n) is 18.7. The molecule has 0 aliphatic heterocycles. The monoisotopic (exact) mass is 474 g/mol. The van der Waals surface area contributed by atoms with Gasteiger partial charge in [-0.15, -0.1) is 0 Å². The molecule has 0 saturated heterocycles. The molecule has 0 rings (SSSR count). The fourth-order valence-corrected chi connectivity index (χ4v) is 2.77. The van der Waals surface area contributed by atoms with E-state index in [2.05, 4.69) is 16.0 Å². The Hall–Kier alpha value is -3.26. The number of carbonyl (C=O) groups is 6. The van der Waals surface area contributed by atoms with Crippen molar-refractivity contribution >= 4 is 35.6 Å². The number of nitrogens with two attached hydrogens (primary N) is 3. The summed E-state index contributed by atoms with van der Waals surface area (Å²) in [6.45, 7) is 3.41. The highest BCUT2D eigenvalue weighted by Crippen LogP contribution is 2.06. The highest BCUT2D eigenvalue weighted by atomic mass is 16.4. The van der Waals surface area contributed by atoms with Gasteiger partial charge >= 0.3 is 11.9 Å². The summed E-state index contributed by atoms with van der Waals surface area (Å²) in [4.78, 5) is 71.1. The van der Waals surface area contributed by atoms with Crippen molar-refractivity contribution in [2.45, 2.75) is 70.1 Å². The summed E-state index contributed by atoms with van der Waals surface area (Å²) in [7, 11) is 0. The van der Waals surface area contributed by atoms with Gasteiger partial charge < -0.3 is 43.4 Å². The number of aliphatic carboxylic acids is 2. The lowest BCUT2D eigenvalue weighted by molar-refractivity contribution is -0.144. The van der Waals surface area contributed by atoms with E-state index in [1.54, 1.807) is 13.8 Å². The Morgan fingerprint density at radius 3 is 1.82 bits per heavy atom. The molecule has 4 unspecified atom stereocenters. The molecule has 14 heteroatoms. The third kappa shape index (κ3) is 11.8. The first-order valence-electron chi connectivity index (χ1n) is 10.4. The maximum absolute atomic E-state index is 12.8. The summed E-state index contributed by atoms with van der Waals surface area (Å²) in [5.74, 6) is -6.81. The Kier molecular flexibility index (Phi) is 13.3. The van der Waals surface area contributed by atoms with Crippen LogP contribution in [0.4, 0.5) is 0 Å². The van der Waals surface area contributed by atoms with Gasteiger partial charge in [0.2, 0.25) is 23.6 Å². The minimum atomic E-state index is -1.61. The topological polar surface area (TPSA) is 257 Å². The largest absolute Gasteiger partial charge is 0.481 e. The number of primary amides is 1. The highest BCUT2D eigenvalue weighted by Gasteiger charge is 2.32. The van der Waals surface area contributed by atoms with Gasteiger partial charge in [0.25, 0.3) is 0 Å². The first kappa shape index (κ1) is 29.7. The van der Waals surface area contributed by atoms with Gasteiger partial charge in [-0.05, 0) is 31.7 Å². The van der Waals surface area contributed by atoms with E-state index in [-0.39, 0.29) is 6.42 Å². The standard InChI is InChI=1S/C19H34N6O8/c1-9(2)15(19(32)33)25-18(31)12(8-14(27)28)24-17(30)11(5-3-4-6-20)23-16(29)10(21)7-13(22)26/h9-12,15H,3-8,20-21H2,1-2H3,(H2,22,26)(H,23,29)(H,24,30)(H,25,31)(H,27,28)(H,32,33). The molecule has 0 spiro atoms. The summed E-state index contributed by atoms with van der Waals surface area (Å²) < 4.78 is 0. The molecule has 4 amide bonds. The Balaban J connectivity index is 5.53. The fourth-order valence-electron chi connectivity index (χ4n) is 2.77. The number of hydrogen-bond donors (Lipinski definition) is 8. The molecule has 0 heterocycles. The van der Waals surface area contributed by atoms with Crippen LogP contribution >= 0.6 is 0 Å². The second-order valence-corrected chi connectivity index (χ2v) is 7.85. The fraction of sp³-hybridized carbons (Fsp3) is 0.684. The molecule has 0 saturated carbocycles. The highest BCUT2D eigenvalue weighted by molar-refractivity contribution is 5.96. The number of carbonyl (C=O) groups excluding carboxylic acids is 4. The Bertz CT molecular complexity index is 729. The van der Waals surface area contributed by atoms with E-state index in [0.717, 1.165) is 0 Å². The van der Waals surface area contributed by atoms with Gasteiger partial charge in [-0.1, -0.05) is 13.8 Å². The molecule has 4 atom stereocenters. The van der Waals surface area contributed by atoms with Gasteiger partial charge in [0.05, 0.1) is 18.9 Å². The summed E-state index contributed by atoms with van der Waals surface area (Å²) in [6.07, 6.45) is -0.278. The molecule has 0 aromatic carbocycles. The van der Waals surface area contributed by atoms with Crippen LogP contribution in [0, 0.1) is 5.92 Å². The summed E-state index contributed by atoms with van der Waals surface area (Å²) in [6, 6.07) is -5.44. The Morgan fingerprint density at radius 1 is 0.818 bits per heavy atom. The molecule has 0 aromatic rings. The lowest BCUT2D eigenvalue weighted by atomic mass is 10.0. The molecule has 14 nitrogen and oxygen atoms in total. The van der Waals surface area contributed by atoms with E-state index >= 15 is 0 Å². The molecule has 0 fully saturated rings. The molecule has 0 aromatic heterocycles. The van der Waals surface area contributed by atoms with E-state index in [1.165, 1.54) is 0 Å². The smallest absolute Gasteiger partial charge is 0.326 e. The molecular formula is C19H34N6O8. The van der Waals surface area contributed by atoms with E-state index in [0.29, 0.717) is 19.4 Å². The minimum absolute atomic E-state index is 0.0865. The SMILES string of the molecule is CC(C)C(NC(=O)C(CC(=O)O)NC(=O)C(CCCCN)NC(=O)C(N)CC(N)=O)C(=O)O. The van der Waals surface area contributed by atoms with Crippen molar-refractivity contribution in [2.75, 3.05) is 6.54 Å². The van der Waals surface area contributed by atoms with Gasteiger partial charge in [-0.2, -0.15) is 0 Å². The van der Waals surface area contributed by atoms with Crippen molar-refractivity contribution in [3.63, 3.8) is 0 Å². The van der Waals surface area contributed by atoms with E-state index in [9.17, 15) is 33.9 Å². The van der Waals surface area contributed by atoms with Crippen molar-refractivity contribution in [1.29, 1.82) is 0 Å². The number of hydrogen-bond acceptors (Lipinski definition) is 8. The number of nitrogens with one attached hydrogen (secondary N) is 3. The molecule has 0 aliphatic rings. The van der Waals surface area contributed by atoms with Crippen LogP contribution in [0.3, 0.4) is 0 Å². The van der Waals surface area contributed by atoms with Crippen LogP contribution < -0.4 is 33.2 Å². The van der Waals surface area contributed by atoms with Crippen LogP contribution in [0.15, 0.2) is 0 Å². The summed E-state index contributed by atoms with van der Waals surface area (Å²) in [5.41, 5.74) is 16.0. The van der Waals surface area contributed by atoms with Gasteiger partial charge in [-0.3, -0.25) is 24.0 Å². The predicted molar refractivity (Wildman–Crippen MR) is 115 cm³/mol. The number of carboxylic acid groups (broad SMARTS) is 2. The molecular weight excluding hydrogens is 440 g/mol. The van der Waals surface area contributed by atoms with Gasteiger partial charge in [0, 0.05) is 0 Å². The third-order valence-electron chi connectivity index (χ3n) is 4.58. The van der Waals surface area contributed by atoms with Crippen LogP contribution in [0.25, 0.3) is 0 Å². The van der Waals surface area contributed by atoms with Gasteiger partial charge in [-0.25, -0.2) is 4.79 Å². The molecule has 188 valence electrons.